The molecule has 0 bridgehead atoms. The molecule has 0 heterocycles. The number of anilines is 2. The van der Waals surface area contributed by atoms with Gasteiger partial charge in [0.2, 0.25) is 11.8 Å². The van der Waals surface area contributed by atoms with E-state index in [4.69, 9.17) is 39.5 Å². The molecule has 8 heteroatoms. The molecule has 5 nitrogen and oxygen atoms in total. The first kappa shape index (κ1) is 18.4. The number of carbonyl (C=O) groups excluding carboxylic acids is 2. The van der Waals surface area contributed by atoms with Crippen molar-refractivity contribution in [2.24, 2.45) is 0 Å². The van der Waals surface area contributed by atoms with E-state index in [0.717, 1.165) is 0 Å². The molecule has 2 amide bonds. The molecule has 0 saturated carbocycles. The van der Waals surface area contributed by atoms with Crippen LogP contribution in [-0.4, -0.2) is 18.9 Å². The van der Waals surface area contributed by atoms with E-state index in [1.54, 1.807) is 12.1 Å². The van der Waals surface area contributed by atoms with Gasteiger partial charge in [-0.1, -0.05) is 34.8 Å². The fourth-order valence-corrected chi connectivity index (χ4v) is 2.65. The zero-order chi connectivity index (χ0) is 17.7. The SMILES string of the molecule is COc1ccc(Cl)cc1NC(=O)CC(=O)Nc1cc(Cl)cc(Cl)c1. The standard InChI is InChI=1S/C16H13Cl3N2O3/c1-24-14-3-2-9(17)7-13(14)21-16(23)8-15(22)20-12-5-10(18)4-11(19)6-12/h2-7H,8H2,1H3,(H,20,22)(H,21,23). The molecule has 2 N–H and O–H groups in total. The van der Waals surface area contributed by atoms with Crippen LogP contribution in [0.25, 0.3) is 0 Å². The van der Waals surface area contributed by atoms with E-state index >= 15 is 0 Å². The van der Waals surface area contributed by atoms with Gasteiger partial charge in [-0.25, -0.2) is 0 Å². The van der Waals surface area contributed by atoms with Gasteiger partial charge >= 0.3 is 0 Å². The predicted octanol–water partition coefficient (Wildman–Crippen LogP) is 4.62. The average Bonchev–Trinajstić information content (AvgIpc) is 2.45. The molecule has 0 aliphatic rings. The lowest BCUT2D eigenvalue weighted by Gasteiger charge is -2.11. The number of carbonyl (C=O) groups is 2. The smallest absolute Gasteiger partial charge is 0.233 e. The number of rotatable bonds is 5. The van der Waals surface area contributed by atoms with Crippen molar-refractivity contribution >= 4 is 58.0 Å². The molecular weight excluding hydrogens is 375 g/mol. The number of amides is 2. The third-order valence-electron chi connectivity index (χ3n) is 2.90. The van der Waals surface area contributed by atoms with Crippen molar-refractivity contribution in [2.45, 2.75) is 6.42 Å². The second-order valence-electron chi connectivity index (χ2n) is 4.78. The Morgan fingerprint density at radius 2 is 1.54 bits per heavy atom. The molecule has 0 aliphatic carbocycles. The van der Waals surface area contributed by atoms with Gasteiger partial charge in [-0.05, 0) is 36.4 Å². The summed E-state index contributed by atoms with van der Waals surface area (Å²) in [7, 11) is 1.47. The monoisotopic (exact) mass is 386 g/mol. The lowest BCUT2D eigenvalue weighted by atomic mass is 10.2. The summed E-state index contributed by atoms with van der Waals surface area (Å²) < 4.78 is 5.12. The molecule has 0 radical (unpaired) electrons. The largest absolute Gasteiger partial charge is 0.495 e. The van der Waals surface area contributed by atoms with Crippen LogP contribution in [0.3, 0.4) is 0 Å². The highest BCUT2D eigenvalue weighted by molar-refractivity contribution is 6.35. The van der Waals surface area contributed by atoms with E-state index in [1.807, 2.05) is 0 Å². The molecule has 0 atom stereocenters. The minimum Gasteiger partial charge on any atom is -0.495 e. The molecule has 2 rings (SSSR count). The lowest BCUT2D eigenvalue weighted by Crippen LogP contribution is -2.21. The molecule has 0 fully saturated rings. The Hall–Kier alpha value is -1.95. The lowest BCUT2D eigenvalue weighted by molar-refractivity contribution is -0.123. The summed E-state index contributed by atoms with van der Waals surface area (Å²) in [6.07, 6.45) is -0.389. The molecule has 0 aromatic heterocycles. The molecule has 2 aromatic rings. The first-order valence-corrected chi connectivity index (χ1v) is 7.90. The first-order valence-electron chi connectivity index (χ1n) is 6.76. The highest BCUT2D eigenvalue weighted by Gasteiger charge is 2.13. The minimum atomic E-state index is -0.513. The summed E-state index contributed by atoms with van der Waals surface area (Å²) in [6, 6.07) is 9.38. The van der Waals surface area contributed by atoms with Crippen LogP contribution in [0, 0.1) is 0 Å². The highest BCUT2D eigenvalue weighted by Crippen LogP contribution is 2.28. The molecule has 0 spiro atoms. The van der Waals surface area contributed by atoms with Crippen LogP contribution in [0.1, 0.15) is 6.42 Å². The zero-order valence-electron chi connectivity index (χ0n) is 12.5. The molecule has 0 unspecified atom stereocenters. The van der Waals surface area contributed by atoms with Crippen molar-refractivity contribution in [1.82, 2.24) is 0 Å². The third-order valence-corrected chi connectivity index (χ3v) is 3.57. The maximum atomic E-state index is 12.0. The van der Waals surface area contributed by atoms with Crippen molar-refractivity contribution in [3.63, 3.8) is 0 Å². The predicted molar refractivity (Wildman–Crippen MR) is 96.3 cm³/mol. The molecule has 0 saturated heterocycles. The van der Waals surface area contributed by atoms with Crippen LogP contribution >= 0.6 is 34.8 Å². The number of benzene rings is 2. The summed E-state index contributed by atoms with van der Waals surface area (Å²) in [5.74, 6) is -0.581. The Kier molecular flexibility index (Phi) is 6.31. The van der Waals surface area contributed by atoms with Gasteiger partial charge in [-0.2, -0.15) is 0 Å². The summed E-state index contributed by atoms with van der Waals surface area (Å²) in [5, 5.41) is 6.33. The Bertz CT molecular complexity index is 761. The number of halogens is 3. The van der Waals surface area contributed by atoms with Gasteiger partial charge in [0.15, 0.2) is 0 Å². The van der Waals surface area contributed by atoms with Gasteiger partial charge < -0.3 is 15.4 Å². The molecule has 24 heavy (non-hydrogen) atoms. The first-order chi connectivity index (χ1) is 11.4. The molecule has 126 valence electrons. The zero-order valence-corrected chi connectivity index (χ0v) is 14.8. The quantitative estimate of drug-likeness (QED) is 0.735. The number of hydrogen-bond acceptors (Lipinski definition) is 3. The second kappa shape index (κ2) is 8.24. The van der Waals surface area contributed by atoms with Gasteiger partial charge in [0.25, 0.3) is 0 Å². The van der Waals surface area contributed by atoms with Gasteiger partial charge in [-0.15, -0.1) is 0 Å². The maximum Gasteiger partial charge on any atom is 0.233 e. The van der Waals surface area contributed by atoms with E-state index in [9.17, 15) is 9.59 Å². The average molecular weight is 388 g/mol. The number of ether oxygens (including phenoxy) is 1. The van der Waals surface area contributed by atoms with Crippen molar-refractivity contribution in [1.29, 1.82) is 0 Å². The Morgan fingerprint density at radius 1 is 0.917 bits per heavy atom. The Labute approximate surface area is 153 Å². The number of methoxy groups -OCH3 is 1. The normalized spacial score (nSPS) is 10.2. The highest BCUT2D eigenvalue weighted by atomic mass is 35.5. The van der Waals surface area contributed by atoms with Crippen molar-refractivity contribution in [3.05, 3.63) is 51.5 Å². The third kappa shape index (κ3) is 5.30. The Balaban J connectivity index is 1.99. The van der Waals surface area contributed by atoms with Crippen LogP contribution < -0.4 is 15.4 Å². The van der Waals surface area contributed by atoms with E-state index in [2.05, 4.69) is 10.6 Å². The van der Waals surface area contributed by atoms with Gasteiger partial charge in [-0.3, -0.25) is 9.59 Å². The van der Waals surface area contributed by atoms with Gasteiger partial charge in [0.1, 0.15) is 12.2 Å². The minimum absolute atomic E-state index is 0.380. The van der Waals surface area contributed by atoms with Crippen molar-refractivity contribution < 1.29 is 14.3 Å². The fourth-order valence-electron chi connectivity index (χ4n) is 1.95. The van der Waals surface area contributed by atoms with Gasteiger partial charge in [0.05, 0.1) is 12.8 Å². The summed E-state index contributed by atoms with van der Waals surface area (Å²) in [6.45, 7) is 0. The topological polar surface area (TPSA) is 67.4 Å². The second-order valence-corrected chi connectivity index (χ2v) is 6.09. The van der Waals surface area contributed by atoms with Crippen molar-refractivity contribution in [3.8, 4) is 5.75 Å². The maximum absolute atomic E-state index is 12.0. The summed E-state index contributed by atoms with van der Waals surface area (Å²) in [5.41, 5.74) is 0.791. The fraction of sp³-hybridized carbons (Fsp3) is 0.125. The van der Waals surface area contributed by atoms with Crippen LogP contribution in [0.5, 0.6) is 5.75 Å². The van der Waals surface area contributed by atoms with Crippen LogP contribution in [-0.2, 0) is 9.59 Å². The van der Waals surface area contributed by atoms with E-state index in [-0.39, 0.29) is 6.42 Å². The number of hydrogen-bond donors (Lipinski definition) is 2. The molecular formula is C16H13Cl3N2O3. The van der Waals surface area contributed by atoms with Gasteiger partial charge in [0, 0.05) is 20.8 Å². The van der Waals surface area contributed by atoms with Crippen LogP contribution in [0.4, 0.5) is 11.4 Å². The Morgan fingerprint density at radius 3 is 2.17 bits per heavy atom. The summed E-state index contributed by atoms with van der Waals surface area (Å²) in [4.78, 5) is 23.9. The van der Waals surface area contributed by atoms with E-state index < -0.39 is 11.8 Å². The van der Waals surface area contributed by atoms with Crippen LogP contribution in [0.2, 0.25) is 15.1 Å². The van der Waals surface area contributed by atoms with Crippen LogP contribution in [0.15, 0.2) is 36.4 Å². The molecule has 2 aromatic carbocycles. The summed E-state index contributed by atoms with van der Waals surface area (Å²) >= 11 is 17.6. The molecule has 0 aliphatic heterocycles. The number of nitrogens with one attached hydrogen (secondary N) is 2. The van der Waals surface area contributed by atoms with E-state index in [1.165, 1.54) is 31.4 Å². The van der Waals surface area contributed by atoms with E-state index in [0.29, 0.717) is 32.2 Å². The van der Waals surface area contributed by atoms with Crippen molar-refractivity contribution in [2.75, 3.05) is 17.7 Å².